The van der Waals surface area contributed by atoms with Gasteiger partial charge in [-0.05, 0) is 36.3 Å². The van der Waals surface area contributed by atoms with Gasteiger partial charge in [-0.3, -0.25) is 0 Å². The minimum absolute atomic E-state index is 0.0413. The molecule has 1 N–H and O–H groups in total. The lowest BCUT2D eigenvalue weighted by atomic mass is 9.70. The van der Waals surface area contributed by atoms with Gasteiger partial charge in [0.1, 0.15) is 9.84 Å². The molecule has 0 saturated carbocycles. The topological polar surface area (TPSA) is 46.2 Å². The lowest BCUT2D eigenvalue weighted by Crippen LogP contribution is -2.44. The summed E-state index contributed by atoms with van der Waals surface area (Å²) in [5.41, 5.74) is 2.85. The van der Waals surface area contributed by atoms with Crippen molar-refractivity contribution in [3.05, 3.63) is 35.4 Å². The van der Waals surface area contributed by atoms with Gasteiger partial charge in [0, 0.05) is 18.3 Å². The van der Waals surface area contributed by atoms with Crippen LogP contribution in [0.1, 0.15) is 44.4 Å². The van der Waals surface area contributed by atoms with Crippen LogP contribution in [0, 0.1) is 5.41 Å². The highest BCUT2D eigenvalue weighted by Crippen LogP contribution is 2.43. The van der Waals surface area contributed by atoms with Crippen LogP contribution in [0.15, 0.2) is 24.3 Å². The molecule has 112 valence electrons. The molecule has 20 heavy (non-hydrogen) atoms. The molecule has 0 amide bonds. The van der Waals surface area contributed by atoms with Crippen molar-refractivity contribution in [2.75, 3.05) is 12.0 Å². The number of nitrogens with one attached hydrogen (secondary N) is 1. The van der Waals surface area contributed by atoms with Crippen molar-refractivity contribution < 1.29 is 8.42 Å². The van der Waals surface area contributed by atoms with Gasteiger partial charge < -0.3 is 5.32 Å². The van der Waals surface area contributed by atoms with E-state index in [4.69, 9.17) is 0 Å². The molecule has 4 heteroatoms. The molecule has 0 fully saturated rings. The van der Waals surface area contributed by atoms with Gasteiger partial charge in [-0.1, -0.05) is 38.1 Å². The number of fused-ring (bicyclic) bond motifs is 1. The third-order valence-corrected chi connectivity index (χ3v) is 5.30. The summed E-state index contributed by atoms with van der Waals surface area (Å²) in [5, 5.41) is 3.54. The van der Waals surface area contributed by atoms with E-state index in [-0.39, 0.29) is 23.3 Å². The maximum atomic E-state index is 11.5. The van der Waals surface area contributed by atoms with E-state index in [0.717, 1.165) is 12.8 Å². The molecule has 1 aliphatic rings. The summed E-state index contributed by atoms with van der Waals surface area (Å²) in [6, 6.07) is 8.66. The van der Waals surface area contributed by atoms with Crippen LogP contribution in [-0.4, -0.2) is 26.5 Å². The third-order valence-electron chi connectivity index (χ3n) is 4.19. The first-order chi connectivity index (χ1) is 9.19. The van der Waals surface area contributed by atoms with E-state index in [2.05, 4.69) is 43.4 Å². The van der Waals surface area contributed by atoms with Gasteiger partial charge in [-0.2, -0.15) is 0 Å². The largest absolute Gasteiger partial charge is 0.306 e. The van der Waals surface area contributed by atoms with Gasteiger partial charge in [0.15, 0.2) is 0 Å². The predicted molar refractivity (Wildman–Crippen MR) is 83.6 cm³/mol. The zero-order valence-electron chi connectivity index (χ0n) is 12.8. The van der Waals surface area contributed by atoms with E-state index in [9.17, 15) is 8.42 Å². The molecule has 0 radical (unpaired) electrons. The van der Waals surface area contributed by atoms with Crippen LogP contribution >= 0.6 is 0 Å². The fourth-order valence-corrected chi connectivity index (χ4v) is 4.17. The number of benzene rings is 1. The Labute approximate surface area is 122 Å². The van der Waals surface area contributed by atoms with Crippen LogP contribution in [-0.2, 0) is 16.3 Å². The monoisotopic (exact) mass is 295 g/mol. The van der Waals surface area contributed by atoms with Crippen molar-refractivity contribution in [2.45, 2.75) is 45.7 Å². The molecule has 2 rings (SSSR count). The van der Waals surface area contributed by atoms with Gasteiger partial charge in [0.2, 0.25) is 0 Å². The Hall–Kier alpha value is -0.870. The number of hydrogen-bond donors (Lipinski definition) is 1. The lowest BCUT2D eigenvalue weighted by Gasteiger charge is -2.42. The van der Waals surface area contributed by atoms with Crippen molar-refractivity contribution >= 4 is 9.84 Å². The van der Waals surface area contributed by atoms with Crippen molar-refractivity contribution in [2.24, 2.45) is 5.41 Å². The summed E-state index contributed by atoms with van der Waals surface area (Å²) in [7, 11) is -2.95. The Morgan fingerprint density at radius 2 is 2.00 bits per heavy atom. The minimum Gasteiger partial charge on any atom is -0.306 e. The molecule has 0 saturated heterocycles. The van der Waals surface area contributed by atoms with Crippen molar-refractivity contribution in [3.63, 3.8) is 0 Å². The molecular formula is C16H25NO2S. The Bertz CT molecular complexity index is 578. The van der Waals surface area contributed by atoms with Gasteiger partial charge >= 0.3 is 0 Å². The molecule has 0 spiro atoms. The molecule has 1 aromatic rings. The summed E-state index contributed by atoms with van der Waals surface area (Å²) in [4.78, 5) is 0. The average molecular weight is 295 g/mol. The highest BCUT2D eigenvalue weighted by molar-refractivity contribution is 7.90. The highest BCUT2D eigenvalue weighted by atomic mass is 32.2. The summed E-state index contributed by atoms with van der Waals surface area (Å²) in [6.45, 7) is 6.47. The molecule has 0 bridgehead atoms. The molecular weight excluding hydrogens is 270 g/mol. The quantitative estimate of drug-likeness (QED) is 0.929. The number of sulfone groups is 1. The van der Waals surface area contributed by atoms with Crippen molar-refractivity contribution in [1.82, 2.24) is 5.32 Å². The molecule has 0 aliphatic heterocycles. The fourth-order valence-electron chi connectivity index (χ4n) is 3.17. The smallest absolute Gasteiger partial charge is 0.148 e. The summed E-state index contributed by atoms with van der Waals surface area (Å²) in [5.74, 6) is 0.182. The maximum absolute atomic E-state index is 11.5. The first-order valence-corrected chi connectivity index (χ1v) is 9.27. The standard InChI is InChI=1S/C16H25NO2S/c1-12(11-20(4,18)19)17-15-14-8-6-5-7-13(14)9-10-16(15,2)3/h5-8,12,15,17H,9-11H2,1-4H3. The van der Waals surface area contributed by atoms with E-state index >= 15 is 0 Å². The van der Waals surface area contributed by atoms with Crippen LogP contribution in [0.5, 0.6) is 0 Å². The zero-order valence-corrected chi connectivity index (χ0v) is 13.6. The normalized spacial score (nSPS) is 23.1. The van der Waals surface area contributed by atoms with Crippen LogP contribution < -0.4 is 5.32 Å². The second-order valence-electron chi connectivity index (χ2n) is 6.78. The number of hydrogen-bond acceptors (Lipinski definition) is 3. The maximum Gasteiger partial charge on any atom is 0.148 e. The zero-order chi connectivity index (χ0) is 15.0. The van der Waals surface area contributed by atoms with Gasteiger partial charge in [-0.15, -0.1) is 0 Å². The van der Waals surface area contributed by atoms with Crippen molar-refractivity contribution in [1.29, 1.82) is 0 Å². The van der Waals surface area contributed by atoms with Crippen molar-refractivity contribution in [3.8, 4) is 0 Å². The molecule has 1 aliphatic carbocycles. The van der Waals surface area contributed by atoms with E-state index in [1.807, 2.05) is 6.92 Å². The van der Waals surface area contributed by atoms with Crippen LogP contribution in [0.2, 0.25) is 0 Å². The molecule has 0 aromatic heterocycles. The molecule has 0 heterocycles. The van der Waals surface area contributed by atoms with E-state index in [1.54, 1.807) is 0 Å². The summed E-state index contributed by atoms with van der Waals surface area (Å²) < 4.78 is 22.9. The SMILES string of the molecule is CC(CS(C)(=O)=O)NC1c2ccccc2CCC1(C)C. The minimum atomic E-state index is -2.95. The lowest BCUT2D eigenvalue weighted by molar-refractivity contribution is 0.199. The molecule has 2 unspecified atom stereocenters. The summed E-state index contributed by atoms with van der Waals surface area (Å²) in [6.07, 6.45) is 3.51. The highest BCUT2D eigenvalue weighted by Gasteiger charge is 2.36. The third kappa shape index (κ3) is 3.61. The second kappa shape index (κ2) is 5.49. The number of aryl methyl sites for hydroxylation is 1. The first-order valence-electron chi connectivity index (χ1n) is 7.21. The van der Waals surface area contributed by atoms with Crippen LogP contribution in [0.4, 0.5) is 0 Å². The van der Waals surface area contributed by atoms with E-state index in [1.165, 1.54) is 17.4 Å². The Kier molecular flexibility index (Phi) is 4.26. The average Bonchev–Trinajstić information content (AvgIpc) is 2.31. The van der Waals surface area contributed by atoms with Gasteiger partial charge in [0.05, 0.1) is 5.75 Å². The molecule has 3 nitrogen and oxygen atoms in total. The Morgan fingerprint density at radius 3 is 2.65 bits per heavy atom. The summed E-state index contributed by atoms with van der Waals surface area (Å²) >= 11 is 0. The predicted octanol–water partition coefficient (Wildman–Crippen LogP) is 2.72. The Morgan fingerprint density at radius 1 is 1.35 bits per heavy atom. The second-order valence-corrected chi connectivity index (χ2v) is 8.97. The first kappa shape index (κ1) is 15.5. The molecule has 1 aromatic carbocycles. The number of rotatable bonds is 4. The van der Waals surface area contributed by atoms with Crippen LogP contribution in [0.25, 0.3) is 0 Å². The van der Waals surface area contributed by atoms with Crippen LogP contribution in [0.3, 0.4) is 0 Å². The van der Waals surface area contributed by atoms with Gasteiger partial charge in [0.25, 0.3) is 0 Å². The van der Waals surface area contributed by atoms with E-state index in [0.29, 0.717) is 0 Å². The molecule has 2 atom stereocenters. The van der Waals surface area contributed by atoms with Gasteiger partial charge in [-0.25, -0.2) is 8.42 Å². The van der Waals surface area contributed by atoms with E-state index < -0.39 is 9.84 Å². The fraction of sp³-hybridized carbons (Fsp3) is 0.625. The Balaban J connectivity index is 2.24.